The molecule has 0 unspecified atom stereocenters. The van der Waals surface area contributed by atoms with Crippen molar-refractivity contribution < 1.29 is 9.59 Å². The van der Waals surface area contributed by atoms with Gasteiger partial charge in [-0.2, -0.15) is 11.3 Å². The van der Waals surface area contributed by atoms with Crippen LogP contribution in [0.3, 0.4) is 0 Å². The molecule has 1 fully saturated rings. The first kappa shape index (κ1) is 20.0. The SMILES string of the molecule is CN(C)C(=O)c1nc(-c2ccccc2)n2c1C[C@@H]1CC[C@H](C2)N1C(=O)Cc1ccsc1. The van der Waals surface area contributed by atoms with E-state index in [1.165, 1.54) is 0 Å². The number of hydrogen-bond acceptors (Lipinski definition) is 4. The van der Waals surface area contributed by atoms with Crippen molar-refractivity contribution in [3.63, 3.8) is 0 Å². The number of hydrogen-bond donors (Lipinski definition) is 0. The van der Waals surface area contributed by atoms with Crippen LogP contribution in [-0.2, 0) is 24.2 Å². The molecule has 1 aromatic carbocycles. The lowest BCUT2D eigenvalue weighted by molar-refractivity contribution is -0.133. The maximum atomic E-state index is 13.3. The smallest absolute Gasteiger partial charge is 0.273 e. The van der Waals surface area contributed by atoms with E-state index < -0.39 is 0 Å². The number of benzene rings is 1. The van der Waals surface area contributed by atoms with Crippen LogP contribution in [0.5, 0.6) is 0 Å². The highest BCUT2D eigenvalue weighted by atomic mass is 32.1. The quantitative estimate of drug-likeness (QED) is 0.632. The van der Waals surface area contributed by atoms with E-state index in [1.807, 2.05) is 47.2 Å². The molecule has 2 aliphatic rings. The van der Waals surface area contributed by atoms with Gasteiger partial charge >= 0.3 is 0 Å². The van der Waals surface area contributed by atoms with Gasteiger partial charge in [-0.25, -0.2) is 4.98 Å². The van der Waals surface area contributed by atoms with E-state index in [-0.39, 0.29) is 23.9 Å². The van der Waals surface area contributed by atoms with Crippen LogP contribution in [0.1, 0.15) is 34.6 Å². The van der Waals surface area contributed by atoms with Crippen LogP contribution in [0.2, 0.25) is 0 Å². The molecule has 3 aromatic rings. The molecule has 7 heteroatoms. The van der Waals surface area contributed by atoms with Crippen LogP contribution in [-0.4, -0.2) is 57.3 Å². The molecular formula is C24H26N4O2S. The lowest BCUT2D eigenvalue weighted by atomic mass is 10.0. The van der Waals surface area contributed by atoms with Gasteiger partial charge in [0.25, 0.3) is 5.91 Å². The summed E-state index contributed by atoms with van der Waals surface area (Å²) in [6.45, 7) is 0.680. The van der Waals surface area contributed by atoms with E-state index in [1.54, 1.807) is 30.3 Å². The van der Waals surface area contributed by atoms with Gasteiger partial charge in [-0.15, -0.1) is 0 Å². The van der Waals surface area contributed by atoms with Crippen molar-refractivity contribution in [2.75, 3.05) is 14.1 Å². The minimum absolute atomic E-state index is 0.0835. The van der Waals surface area contributed by atoms with Gasteiger partial charge in [0.05, 0.1) is 18.2 Å². The van der Waals surface area contributed by atoms with E-state index in [9.17, 15) is 9.59 Å². The monoisotopic (exact) mass is 434 g/mol. The van der Waals surface area contributed by atoms with E-state index in [0.29, 0.717) is 25.1 Å². The number of imidazole rings is 1. The third-order valence-corrected chi connectivity index (χ3v) is 7.11. The van der Waals surface area contributed by atoms with E-state index in [0.717, 1.165) is 35.5 Å². The number of amides is 2. The number of rotatable bonds is 4. The Morgan fingerprint density at radius 1 is 1.13 bits per heavy atom. The number of fused-ring (bicyclic) bond motifs is 3. The second-order valence-electron chi connectivity index (χ2n) is 8.61. The van der Waals surface area contributed by atoms with E-state index in [4.69, 9.17) is 4.98 Å². The maximum Gasteiger partial charge on any atom is 0.273 e. The second kappa shape index (κ2) is 7.96. The molecule has 0 spiro atoms. The largest absolute Gasteiger partial charge is 0.343 e. The molecule has 0 aliphatic carbocycles. The fourth-order valence-corrected chi connectivity index (χ4v) is 5.59. The van der Waals surface area contributed by atoms with E-state index in [2.05, 4.69) is 9.47 Å². The molecule has 0 saturated carbocycles. The van der Waals surface area contributed by atoms with Gasteiger partial charge in [0.15, 0.2) is 0 Å². The topological polar surface area (TPSA) is 58.4 Å². The van der Waals surface area contributed by atoms with Gasteiger partial charge < -0.3 is 14.4 Å². The summed E-state index contributed by atoms with van der Waals surface area (Å²) in [7, 11) is 3.52. The first-order chi connectivity index (χ1) is 15.0. The highest BCUT2D eigenvalue weighted by Gasteiger charge is 2.42. The average molecular weight is 435 g/mol. The van der Waals surface area contributed by atoms with Crippen molar-refractivity contribution in [1.82, 2.24) is 19.4 Å². The zero-order valence-corrected chi connectivity index (χ0v) is 18.6. The van der Waals surface area contributed by atoms with Crippen LogP contribution in [0, 0.1) is 0 Å². The van der Waals surface area contributed by atoms with Gasteiger partial charge in [0.1, 0.15) is 11.5 Å². The Kier molecular flexibility index (Phi) is 5.14. The molecule has 2 aromatic heterocycles. The average Bonchev–Trinajstić information content (AvgIpc) is 3.46. The lowest BCUT2D eigenvalue weighted by Gasteiger charge is -2.28. The summed E-state index contributed by atoms with van der Waals surface area (Å²) in [6.07, 6.45) is 3.07. The molecule has 2 amide bonds. The summed E-state index contributed by atoms with van der Waals surface area (Å²) in [6, 6.07) is 12.3. The Hall–Kier alpha value is -2.93. The lowest BCUT2D eigenvalue weighted by Crippen LogP contribution is -2.43. The minimum Gasteiger partial charge on any atom is -0.343 e. The highest BCUT2D eigenvalue weighted by Crippen LogP contribution is 2.36. The van der Waals surface area contributed by atoms with Gasteiger partial charge in [0, 0.05) is 38.7 Å². The number of carbonyl (C=O) groups is 2. The number of nitrogens with zero attached hydrogens (tertiary/aromatic N) is 4. The Balaban J connectivity index is 1.54. The number of aromatic nitrogens is 2. The third-order valence-electron chi connectivity index (χ3n) is 6.38. The molecule has 2 aliphatic heterocycles. The van der Waals surface area contributed by atoms with Crippen LogP contribution in [0.15, 0.2) is 47.2 Å². The minimum atomic E-state index is -0.0835. The molecular weight excluding hydrogens is 408 g/mol. The summed E-state index contributed by atoms with van der Waals surface area (Å²) in [5, 5.41) is 4.06. The molecule has 31 heavy (non-hydrogen) atoms. The van der Waals surface area contributed by atoms with Crippen LogP contribution in [0.4, 0.5) is 0 Å². The molecule has 5 rings (SSSR count). The van der Waals surface area contributed by atoms with Crippen molar-refractivity contribution in [1.29, 1.82) is 0 Å². The fourth-order valence-electron chi connectivity index (χ4n) is 4.92. The molecule has 1 saturated heterocycles. The zero-order chi connectivity index (χ0) is 21.5. The molecule has 6 nitrogen and oxygen atoms in total. The van der Waals surface area contributed by atoms with Crippen molar-refractivity contribution in [3.05, 3.63) is 64.1 Å². The van der Waals surface area contributed by atoms with E-state index >= 15 is 0 Å². The van der Waals surface area contributed by atoms with Crippen molar-refractivity contribution >= 4 is 23.2 Å². The Labute approximate surface area is 186 Å². The van der Waals surface area contributed by atoms with Crippen molar-refractivity contribution in [2.45, 2.75) is 44.3 Å². The molecule has 2 atom stereocenters. The predicted molar refractivity (Wildman–Crippen MR) is 121 cm³/mol. The predicted octanol–water partition coefficient (Wildman–Crippen LogP) is 3.47. The Morgan fingerprint density at radius 2 is 1.90 bits per heavy atom. The molecule has 0 radical (unpaired) electrons. The Bertz CT molecular complexity index is 1100. The summed E-state index contributed by atoms with van der Waals surface area (Å²) in [5.74, 6) is 0.921. The zero-order valence-electron chi connectivity index (χ0n) is 17.8. The van der Waals surface area contributed by atoms with Crippen LogP contribution < -0.4 is 0 Å². The van der Waals surface area contributed by atoms with Gasteiger partial charge in [-0.1, -0.05) is 30.3 Å². The first-order valence-corrected chi connectivity index (χ1v) is 11.7. The van der Waals surface area contributed by atoms with Gasteiger partial charge in [-0.05, 0) is 35.2 Å². The van der Waals surface area contributed by atoms with Crippen molar-refractivity contribution in [2.24, 2.45) is 0 Å². The molecule has 0 N–H and O–H groups in total. The van der Waals surface area contributed by atoms with Gasteiger partial charge in [0.2, 0.25) is 5.91 Å². The highest BCUT2D eigenvalue weighted by molar-refractivity contribution is 7.08. The third kappa shape index (κ3) is 3.57. The van der Waals surface area contributed by atoms with Crippen LogP contribution in [0.25, 0.3) is 11.4 Å². The summed E-state index contributed by atoms with van der Waals surface area (Å²) < 4.78 is 2.20. The Morgan fingerprint density at radius 3 is 2.61 bits per heavy atom. The molecule has 160 valence electrons. The van der Waals surface area contributed by atoms with Crippen molar-refractivity contribution in [3.8, 4) is 11.4 Å². The fraction of sp³-hybridized carbons (Fsp3) is 0.375. The second-order valence-corrected chi connectivity index (χ2v) is 9.39. The normalized spacial score (nSPS) is 19.7. The standard InChI is InChI=1S/C24H26N4O2S/c1-26(2)24(30)22-20-13-18-8-9-19(28(18)21(29)12-16-10-11-31-15-16)14-27(20)23(25-22)17-6-4-3-5-7-17/h3-7,10-11,15,18-19H,8-9,12-14H2,1-2H3/t18-,19+/m0/s1. The first-order valence-electron chi connectivity index (χ1n) is 10.7. The van der Waals surface area contributed by atoms with Crippen LogP contribution >= 0.6 is 11.3 Å². The summed E-state index contributed by atoms with van der Waals surface area (Å²) >= 11 is 1.62. The molecule has 2 bridgehead atoms. The number of thiophene rings is 1. The summed E-state index contributed by atoms with van der Waals surface area (Å²) in [5.41, 5.74) is 3.54. The molecule has 4 heterocycles. The van der Waals surface area contributed by atoms with Gasteiger partial charge in [-0.3, -0.25) is 9.59 Å². The number of carbonyl (C=O) groups excluding carboxylic acids is 2. The maximum absolute atomic E-state index is 13.3. The summed E-state index contributed by atoms with van der Waals surface area (Å²) in [4.78, 5) is 34.7.